The van der Waals surface area contributed by atoms with Crippen molar-refractivity contribution in [3.05, 3.63) is 59.6 Å². The van der Waals surface area contributed by atoms with Gasteiger partial charge in [0, 0.05) is 6.08 Å². The summed E-state index contributed by atoms with van der Waals surface area (Å²) in [6.07, 6.45) is 6.38. The largest absolute Gasteiger partial charge is 0.423 e. The van der Waals surface area contributed by atoms with Crippen LogP contribution in [-0.4, -0.2) is 17.8 Å². The van der Waals surface area contributed by atoms with Crippen LogP contribution in [0.2, 0.25) is 0 Å². The maximum absolute atomic E-state index is 15.1. The second kappa shape index (κ2) is 9.64. The second-order valence-corrected chi connectivity index (χ2v) is 8.30. The molecule has 0 amide bonds. The number of ether oxygens (including phenoxy) is 1. The molecule has 2 atom stereocenters. The molecule has 0 aromatic heterocycles. The van der Waals surface area contributed by atoms with Crippen molar-refractivity contribution in [1.29, 1.82) is 0 Å². The Balaban J connectivity index is 1.56. The van der Waals surface area contributed by atoms with E-state index in [4.69, 9.17) is 4.74 Å². The van der Waals surface area contributed by atoms with E-state index in [-0.39, 0.29) is 17.7 Å². The van der Waals surface area contributed by atoms with Crippen LogP contribution in [0.25, 0.3) is 0 Å². The SMILES string of the molecule is CCCC1CCC(CCC2(F)C(F)=CC(OC(=O)c3ccccc3)=CC2F)CC1. The Morgan fingerprint density at radius 1 is 1.10 bits per heavy atom. The number of carbonyl (C=O) groups excluding carboxylic acids is 1. The van der Waals surface area contributed by atoms with E-state index >= 15 is 4.39 Å². The first-order valence-electron chi connectivity index (χ1n) is 10.6. The second-order valence-electron chi connectivity index (χ2n) is 8.30. The number of hydrogen-bond acceptors (Lipinski definition) is 2. The van der Waals surface area contributed by atoms with Gasteiger partial charge in [-0.3, -0.25) is 0 Å². The third-order valence-corrected chi connectivity index (χ3v) is 6.21. The summed E-state index contributed by atoms with van der Waals surface area (Å²) in [5, 5.41) is 0. The molecule has 158 valence electrons. The molecule has 2 aliphatic carbocycles. The zero-order valence-electron chi connectivity index (χ0n) is 16.9. The zero-order valence-corrected chi connectivity index (χ0v) is 16.9. The molecule has 0 saturated heterocycles. The van der Waals surface area contributed by atoms with Gasteiger partial charge in [-0.05, 0) is 42.9 Å². The predicted molar refractivity (Wildman–Crippen MR) is 107 cm³/mol. The normalized spacial score (nSPS) is 29.7. The molecule has 1 saturated carbocycles. The average molecular weight is 406 g/mol. The molecule has 0 N–H and O–H groups in total. The highest BCUT2D eigenvalue weighted by Gasteiger charge is 2.46. The highest BCUT2D eigenvalue weighted by molar-refractivity contribution is 5.90. The molecule has 0 spiro atoms. The highest BCUT2D eigenvalue weighted by atomic mass is 19.2. The van der Waals surface area contributed by atoms with Crippen LogP contribution < -0.4 is 0 Å². The molecular weight excluding hydrogens is 377 g/mol. The molecule has 0 heterocycles. The lowest BCUT2D eigenvalue weighted by Gasteiger charge is -2.33. The average Bonchev–Trinajstić information content (AvgIpc) is 2.72. The van der Waals surface area contributed by atoms with Crippen LogP contribution in [0.4, 0.5) is 13.2 Å². The van der Waals surface area contributed by atoms with Gasteiger partial charge < -0.3 is 4.74 Å². The molecule has 1 fully saturated rings. The number of benzene rings is 1. The maximum atomic E-state index is 15.1. The molecule has 2 unspecified atom stereocenters. The molecule has 2 nitrogen and oxygen atoms in total. The van der Waals surface area contributed by atoms with Gasteiger partial charge in [0.1, 0.15) is 11.6 Å². The van der Waals surface area contributed by atoms with Crippen molar-refractivity contribution in [1.82, 2.24) is 0 Å². The predicted octanol–water partition coefficient (Wildman–Crippen LogP) is 7.03. The van der Waals surface area contributed by atoms with Crippen LogP contribution in [0.3, 0.4) is 0 Å². The van der Waals surface area contributed by atoms with E-state index in [1.807, 2.05) is 0 Å². The van der Waals surface area contributed by atoms with E-state index in [0.717, 1.165) is 43.8 Å². The van der Waals surface area contributed by atoms with Crippen molar-refractivity contribution in [3.8, 4) is 0 Å². The third kappa shape index (κ3) is 5.31. The van der Waals surface area contributed by atoms with Gasteiger partial charge in [0.25, 0.3) is 0 Å². The monoisotopic (exact) mass is 406 g/mol. The van der Waals surface area contributed by atoms with Crippen LogP contribution in [0.1, 0.15) is 68.6 Å². The Kier molecular flexibility index (Phi) is 7.20. The number of rotatable bonds is 7. The lowest BCUT2D eigenvalue weighted by Crippen LogP contribution is -2.38. The van der Waals surface area contributed by atoms with Crippen molar-refractivity contribution in [2.24, 2.45) is 11.8 Å². The minimum atomic E-state index is -2.68. The Morgan fingerprint density at radius 3 is 2.31 bits per heavy atom. The molecule has 0 bridgehead atoms. The van der Waals surface area contributed by atoms with Gasteiger partial charge in [0.2, 0.25) is 0 Å². The topological polar surface area (TPSA) is 26.3 Å². The number of esters is 1. The van der Waals surface area contributed by atoms with Crippen LogP contribution >= 0.6 is 0 Å². The molecule has 29 heavy (non-hydrogen) atoms. The fourth-order valence-corrected chi connectivity index (χ4v) is 4.39. The number of carbonyl (C=O) groups is 1. The quantitative estimate of drug-likeness (QED) is 0.455. The fourth-order valence-electron chi connectivity index (χ4n) is 4.39. The summed E-state index contributed by atoms with van der Waals surface area (Å²) in [7, 11) is 0. The van der Waals surface area contributed by atoms with Gasteiger partial charge in [-0.1, -0.05) is 63.6 Å². The molecule has 5 heteroatoms. The first-order chi connectivity index (χ1) is 13.9. The zero-order chi connectivity index (χ0) is 20.9. The third-order valence-electron chi connectivity index (χ3n) is 6.21. The Bertz CT molecular complexity index is 751. The number of halogens is 3. The molecule has 1 aromatic carbocycles. The number of hydrogen-bond donors (Lipinski definition) is 0. The molecule has 0 radical (unpaired) electrons. The minimum absolute atomic E-state index is 0.198. The van der Waals surface area contributed by atoms with Crippen LogP contribution in [0, 0.1) is 11.8 Å². The van der Waals surface area contributed by atoms with Crippen molar-refractivity contribution in [2.45, 2.75) is 70.1 Å². The lowest BCUT2D eigenvalue weighted by atomic mass is 9.76. The van der Waals surface area contributed by atoms with E-state index in [1.54, 1.807) is 18.2 Å². The van der Waals surface area contributed by atoms with Gasteiger partial charge in [-0.15, -0.1) is 0 Å². The van der Waals surface area contributed by atoms with E-state index in [9.17, 15) is 13.6 Å². The van der Waals surface area contributed by atoms with Crippen molar-refractivity contribution in [2.75, 3.05) is 0 Å². The summed E-state index contributed by atoms with van der Waals surface area (Å²) < 4.78 is 49.3. The number of allylic oxidation sites excluding steroid dienone is 3. The first-order valence-corrected chi connectivity index (χ1v) is 10.6. The molecular formula is C24H29F3O2. The summed E-state index contributed by atoms with van der Waals surface area (Å²) >= 11 is 0. The van der Waals surface area contributed by atoms with Crippen LogP contribution in [0.15, 0.2) is 54.1 Å². The van der Waals surface area contributed by atoms with E-state index in [2.05, 4.69) is 6.92 Å². The molecule has 2 aliphatic rings. The molecule has 3 rings (SSSR count). The highest BCUT2D eigenvalue weighted by Crippen LogP contribution is 2.42. The lowest BCUT2D eigenvalue weighted by molar-refractivity contribution is 0.0526. The van der Waals surface area contributed by atoms with Crippen LogP contribution in [-0.2, 0) is 4.74 Å². The minimum Gasteiger partial charge on any atom is -0.423 e. The summed E-state index contributed by atoms with van der Waals surface area (Å²) in [5.41, 5.74) is -2.42. The van der Waals surface area contributed by atoms with Gasteiger partial charge in [0.05, 0.1) is 5.56 Å². The van der Waals surface area contributed by atoms with Gasteiger partial charge in [-0.25, -0.2) is 18.0 Å². The van der Waals surface area contributed by atoms with Gasteiger partial charge in [0.15, 0.2) is 11.8 Å². The molecule has 1 aromatic rings. The summed E-state index contributed by atoms with van der Waals surface area (Å²) in [6.45, 7) is 2.18. The Hall–Kier alpha value is -2.04. The molecule has 0 aliphatic heterocycles. The van der Waals surface area contributed by atoms with E-state index in [0.29, 0.717) is 12.3 Å². The van der Waals surface area contributed by atoms with Crippen molar-refractivity contribution < 1.29 is 22.7 Å². The van der Waals surface area contributed by atoms with Gasteiger partial charge >= 0.3 is 5.97 Å². The van der Waals surface area contributed by atoms with Crippen molar-refractivity contribution in [3.63, 3.8) is 0 Å². The maximum Gasteiger partial charge on any atom is 0.343 e. The summed E-state index contributed by atoms with van der Waals surface area (Å²) in [5.74, 6) is -1.18. The Morgan fingerprint density at radius 2 is 1.72 bits per heavy atom. The number of alkyl halides is 2. The Labute approximate surface area is 170 Å². The standard InChI is InChI=1S/C24H29F3O2/c1-2-6-17-9-11-18(12-10-17)13-14-24(27)21(25)15-20(16-22(24)26)29-23(28)19-7-4-3-5-8-19/h3-5,7-8,15-18,21H,2,6,9-14H2,1H3. The first kappa shape index (κ1) is 21.7. The smallest absolute Gasteiger partial charge is 0.343 e. The van der Waals surface area contributed by atoms with E-state index < -0.39 is 23.6 Å². The van der Waals surface area contributed by atoms with Gasteiger partial charge in [-0.2, -0.15) is 0 Å². The fraction of sp³-hybridized carbons (Fsp3) is 0.542. The summed E-state index contributed by atoms with van der Waals surface area (Å²) in [6, 6.07) is 8.12. The van der Waals surface area contributed by atoms with Crippen LogP contribution in [0.5, 0.6) is 0 Å². The summed E-state index contributed by atoms with van der Waals surface area (Å²) in [4.78, 5) is 12.1. The van der Waals surface area contributed by atoms with Crippen molar-refractivity contribution >= 4 is 5.97 Å². The van der Waals surface area contributed by atoms with E-state index in [1.165, 1.54) is 25.0 Å².